The van der Waals surface area contributed by atoms with Crippen LogP contribution < -0.4 is 4.74 Å². The Morgan fingerprint density at radius 3 is 2.36 bits per heavy atom. The molecule has 78 valence electrons. The van der Waals surface area contributed by atoms with Gasteiger partial charge in [0, 0.05) is 11.6 Å². The largest absolute Gasteiger partial charge is 0.496 e. The zero-order valence-electron chi connectivity index (χ0n) is 8.89. The molecule has 0 fully saturated rings. The lowest BCUT2D eigenvalue weighted by atomic mass is 9.95. The molecule has 0 saturated carbocycles. The van der Waals surface area contributed by atoms with Crippen LogP contribution >= 0.6 is 0 Å². The van der Waals surface area contributed by atoms with Gasteiger partial charge in [0.15, 0.2) is 0 Å². The molecule has 2 nitrogen and oxygen atoms in total. The summed E-state index contributed by atoms with van der Waals surface area (Å²) in [5.41, 5.74) is 0.0749. The summed E-state index contributed by atoms with van der Waals surface area (Å²) in [7, 11) is 1.46. The molecule has 0 amide bonds. The van der Waals surface area contributed by atoms with Gasteiger partial charge in [-0.05, 0) is 32.4 Å². The lowest BCUT2D eigenvalue weighted by Crippen LogP contribution is -2.17. The Hall–Kier alpha value is -1.09. The molecule has 0 unspecified atom stereocenters. The molecule has 0 heterocycles. The Kier molecular flexibility index (Phi) is 2.81. The number of benzene rings is 1. The van der Waals surface area contributed by atoms with Crippen molar-refractivity contribution in [3.63, 3.8) is 0 Å². The van der Waals surface area contributed by atoms with Crippen LogP contribution in [0.15, 0.2) is 12.1 Å². The first kappa shape index (κ1) is 11.0. The molecule has 0 aliphatic rings. The minimum atomic E-state index is -1.02. The Morgan fingerprint density at radius 2 is 1.93 bits per heavy atom. The van der Waals surface area contributed by atoms with E-state index in [9.17, 15) is 9.50 Å². The topological polar surface area (TPSA) is 29.5 Å². The highest BCUT2D eigenvalue weighted by molar-refractivity contribution is 5.41. The van der Waals surface area contributed by atoms with Gasteiger partial charge in [0.2, 0.25) is 0 Å². The van der Waals surface area contributed by atoms with Crippen LogP contribution in [-0.2, 0) is 5.60 Å². The summed E-state index contributed by atoms with van der Waals surface area (Å²) in [6, 6.07) is 2.90. The quantitative estimate of drug-likeness (QED) is 0.790. The molecule has 1 rings (SSSR count). The first-order valence-corrected chi connectivity index (χ1v) is 4.43. The van der Waals surface area contributed by atoms with E-state index in [1.807, 2.05) is 0 Å². The van der Waals surface area contributed by atoms with Gasteiger partial charge >= 0.3 is 0 Å². The van der Waals surface area contributed by atoms with E-state index in [0.717, 1.165) is 0 Å². The molecule has 0 aromatic heterocycles. The third-order valence-corrected chi connectivity index (χ3v) is 2.14. The maximum absolute atomic E-state index is 13.2. The summed E-state index contributed by atoms with van der Waals surface area (Å²) in [6.45, 7) is 4.94. The number of halogens is 1. The number of aliphatic hydroxyl groups is 1. The van der Waals surface area contributed by atoms with Crippen LogP contribution in [0.4, 0.5) is 4.39 Å². The smallest absolute Gasteiger partial charge is 0.129 e. The van der Waals surface area contributed by atoms with Crippen molar-refractivity contribution < 1.29 is 14.2 Å². The molecule has 0 spiro atoms. The second-order valence-corrected chi connectivity index (χ2v) is 3.86. The van der Waals surface area contributed by atoms with E-state index in [1.54, 1.807) is 26.8 Å². The molecular weight excluding hydrogens is 183 g/mol. The minimum Gasteiger partial charge on any atom is -0.496 e. The van der Waals surface area contributed by atoms with Gasteiger partial charge in [-0.3, -0.25) is 0 Å². The number of methoxy groups -OCH3 is 1. The highest BCUT2D eigenvalue weighted by atomic mass is 19.1. The van der Waals surface area contributed by atoms with E-state index < -0.39 is 5.60 Å². The average molecular weight is 198 g/mol. The minimum absolute atomic E-state index is 0.324. The lowest BCUT2D eigenvalue weighted by Gasteiger charge is -2.21. The van der Waals surface area contributed by atoms with Gasteiger partial charge in [0.1, 0.15) is 11.6 Å². The zero-order chi connectivity index (χ0) is 10.9. The van der Waals surface area contributed by atoms with Crippen molar-refractivity contribution in [3.8, 4) is 5.75 Å². The molecular formula is C11H15FO2. The number of aryl methyl sites for hydroxylation is 1. The fourth-order valence-electron chi connectivity index (χ4n) is 1.31. The van der Waals surface area contributed by atoms with Crippen molar-refractivity contribution >= 4 is 0 Å². The average Bonchev–Trinajstić information content (AvgIpc) is 2.07. The first-order valence-electron chi connectivity index (χ1n) is 4.43. The predicted octanol–water partition coefficient (Wildman–Crippen LogP) is 2.37. The molecule has 1 aromatic carbocycles. The first-order chi connectivity index (χ1) is 6.36. The van der Waals surface area contributed by atoms with E-state index in [2.05, 4.69) is 0 Å². The van der Waals surface area contributed by atoms with Gasteiger partial charge in [-0.15, -0.1) is 0 Å². The highest BCUT2D eigenvalue weighted by Crippen LogP contribution is 2.31. The van der Waals surface area contributed by atoms with Crippen molar-refractivity contribution in [1.29, 1.82) is 0 Å². The van der Waals surface area contributed by atoms with Crippen molar-refractivity contribution in [2.75, 3.05) is 7.11 Å². The predicted molar refractivity (Wildman–Crippen MR) is 52.9 cm³/mol. The fraction of sp³-hybridized carbons (Fsp3) is 0.455. The summed E-state index contributed by atoms with van der Waals surface area (Å²) in [6.07, 6.45) is 0. The van der Waals surface area contributed by atoms with Crippen molar-refractivity contribution in [2.45, 2.75) is 26.4 Å². The standard InChI is InChI=1S/C11H15FO2/c1-7-5-8(11(2,3)13)10(14-4)6-9(7)12/h5-6,13H,1-4H3. The molecule has 0 aliphatic carbocycles. The summed E-state index contributed by atoms with van der Waals surface area (Å²) >= 11 is 0. The Bertz CT molecular complexity index is 340. The van der Waals surface area contributed by atoms with E-state index in [0.29, 0.717) is 16.9 Å². The molecule has 3 heteroatoms. The van der Waals surface area contributed by atoms with Gasteiger partial charge < -0.3 is 9.84 Å². The highest BCUT2D eigenvalue weighted by Gasteiger charge is 2.22. The summed E-state index contributed by atoms with van der Waals surface area (Å²) < 4.78 is 18.2. The van der Waals surface area contributed by atoms with Crippen LogP contribution in [-0.4, -0.2) is 12.2 Å². The molecule has 0 bridgehead atoms. The number of rotatable bonds is 2. The molecule has 0 saturated heterocycles. The van der Waals surface area contributed by atoms with Crippen LogP contribution in [0.5, 0.6) is 5.75 Å². The molecule has 0 aliphatic heterocycles. The molecule has 1 aromatic rings. The van der Waals surface area contributed by atoms with Crippen LogP contribution in [0.1, 0.15) is 25.0 Å². The monoisotopic (exact) mass is 198 g/mol. The van der Waals surface area contributed by atoms with Crippen LogP contribution in [0.3, 0.4) is 0 Å². The second-order valence-electron chi connectivity index (χ2n) is 3.86. The Balaban J connectivity index is 3.35. The van der Waals surface area contributed by atoms with Crippen molar-refractivity contribution in [2.24, 2.45) is 0 Å². The van der Waals surface area contributed by atoms with Gasteiger partial charge in [-0.1, -0.05) is 0 Å². The lowest BCUT2D eigenvalue weighted by molar-refractivity contribution is 0.0754. The number of hydrogen-bond donors (Lipinski definition) is 1. The molecule has 14 heavy (non-hydrogen) atoms. The number of ether oxygens (including phenoxy) is 1. The fourth-order valence-corrected chi connectivity index (χ4v) is 1.31. The summed E-state index contributed by atoms with van der Waals surface area (Å²) in [5, 5.41) is 9.81. The van der Waals surface area contributed by atoms with Crippen LogP contribution in [0.2, 0.25) is 0 Å². The van der Waals surface area contributed by atoms with Gasteiger partial charge in [0.05, 0.1) is 12.7 Å². The maximum Gasteiger partial charge on any atom is 0.129 e. The normalized spacial score (nSPS) is 11.6. The van der Waals surface area contributed by atoms with E-state index in [4.69, 9.17) is 4.74 Å². The summed E-state index contributed by atoms with van der Waals surface area (Å²) in [4.78, 5) is 0. The number of hydrogen-bond acceptors (Lipinski definition) is 2. The third-order valence-electron chi connectivity index (χ3n) is 2.14. The van der Waals surface area contributed by atoms with Crippen LogP contribution in [0.25, 0.3) is 0 Å². The van der Waals surface area contributed by atoms with Gasteiger partial charge in [-0.25, -0.2) is 4.39 Å². The zero-order valence-corrected chi connectivity index (χ0v) is 8.89. The second kappa shape index (κ2) is 3.58. The third kappa shape index (κ3) is 2.04. The summed E-state index contributed by atoms with van der Waals surface area (Å²) in [5.74, 6) is 0.0513. The molecule has 1 N–H and O–H groups in total. The van der Waals surface area contributed by atoms with E-state index in [1.165, 1.54) is 13.2 Å². The van der Waals surface area contributed by atoms with Crippen molar-refractivity contribution in [1.82, 2.24) is 0 Å². The van der Waals surface area contributed by atoms with Gasteiger partial charge in [-0.2, -0.15) is 0 Å². The van der Waals surface area contributed by atoms with E-state index in [-0.39, 0.29) is 5.82 Å². The molecule has 0 radical (unpaired) electrons. The Morgan fingerprint density at radius 1 is 1.36 bits per heavy atom. The van der Waals surface area contributed by atoms with Crippen LogP contribution in [0, 0.1) is 12.7 Å². The maximum atomic E-state index is 13.2. The SMILES string of the molecule is COc1cc(F)c(C)cc1C(C)(C)O. The van der Waals surface area contributed by atoms with Crippen molar-refractivity contribution in [3.05, 3.63) is 29.1 Å². The Labute approximate surface area is 83.3 Å². The molecule has 0 atom stereocenters. The van der Waals surface area contributed by atoms with Gasteiger partial charge in [0.25, 0.3) is 0 Å². The van der Waals surface area contributed by atoms with E-state index >= 15 is 0 Å².